The number of rotatable bonds is 5. The summed E-state index contributed by atoms with van der Waals surface area (Å²) >= 11 is 0. The number of hydrogen-bond acceptors (Lipinski definition) is 4. The van der Waals surface area contributed by atoms with Crippen molar-refractivity contribution in [2.75, 3.05) is 19.7 Å². The van der Waals surface area contributed by atoms with Gasteiger partial charge >= 0.3 is 12.3 Å². The first-order valence-electron chi connectivity index (χ1n) is 12.9. The van der Waals surface area contributed by atoms with Crippen molar-refractivity contribution < 1.29 is 36.9 Å². The number of halogens is 4. The number of alkyl halides is 3. The van der Waals surface area contributed by atoms with E-state index in [9.17, 15) is 27.5 Å². The molecule has 0 bridgehead atoms. The van der Waals surface area contributed by atoms with E-state index in [2.05, 4.69) is 0 Å². The largest absolute Gasteiger partial charge is 0.444 e. The zero-order valence-corrected chi connectivity index (χ0v) is 22.1. The Hall–Kier alpha value is -2.65. The Labute approximate surface area is 220 Å². The summed E-state index contributed by atoms with van der Waals surface area (Å²) in [5.74, 6) is -0.481. The van der Waals surface area contributed by atoms with Crippen LogP contribution in [0.1, 0.15) is 67.9 Å². The predicted octanol–water partition coefficient (Wildman–Crippen LogP) is 6.63. The van der Waals surface area contributed by atoms with E-state index in [1.165, 1.54) is 12.1 Å². The molecule has 1 aliphatic carbocycles. The molecule has 2 fully saturated rings. The SMILES string of the molecule is Cc1cc([C@@H](CO)O[C@H]2CC[C@@H]3CN(C(=O)OC(C)(C)C)C[C@H]3[C@@H]2c2ccc(F)cc2)cc(C(F)(F)F)c1. The lowest BCUT2D eigenvalue weighted by Gasteiger charge is -2.41. The molecule has 1 saturated carbocycles. The quantitative estimate of drug-likeness (QED) is 0.435. The second kappa shape index (κ2) is 10.8. The highest BCUT2D eigenvalue weighted by Gasteiger charge is 2.48. The first-order valence-corrected chi connectivity index (χ1v) is 12.9. The lowest BCUT2D eigenvalue weighted by Crippen LogP contribution is -2.39. The molecule has 9 heteroatoms. The maximum atomic E-state index is 13.8. The number of carbonyl (C=O) groups is 1. The lowest BCUT2D eigenvalue weighted by molar-refractivity contribution is -0.137. The van der Waals surface area contributed by atoms with Crippen molar-refractivity contribution in [2.45, 2.75) is 70.4 Å². The molecule has 2 aliphatic rings. The molecule has 2 aromatic rings. The molecule has 0 unspecified atom stereocenters. The van der Waals surface area contributed by atoms with Crippen LogP contribution in [0.4, 0.5) is 22.4 Å². The Balaban J connectivity index is 1.63. The van der Waals surface area contributed by atoms with Gasteiger partial charge in [0, 0.05) is 19.0 Å². The average Bonchev–Trinajstić information content (AvgIpc) is 3.25. The molecule has 5 nitrogen and oxygen atoms in total. The Kier molecular flexibility index (Phi) is 8.09. The number of amides is 1. The molecule has 1 amide bonds. The van der Waals surface area contributed by atoms with Gasteiger partial charge in [0.05, 0.1) is 18.3 Å². The highest BCUT2D eigenvalue weighted by molar-refractivity contribution is 5.68. The van der Waals surface area contributed by atoms with Gasteiger partial charge in [-0.1, -0.05) is 23.8 Å². The van der Waals surface area contributed by atoms with Gasteiger partial charge in [-0.15, -0.1) is 0 Å². The number of aliphatic hydroxyl groups is 1. The molecule has 1 saturated heterocycles. The number of aryl methyl sites for hydroxylation is 1. The highest BCUT2D eigenvalue weighted by Crippen LogP contribution is 2.48. The number of aliphatic hydroxyl groups excluding tert-OH is 1. The minimum absolute atomic E-state index is 0.0191. The number of fused-ring (bicyclic) bond motifs is 1. The van der Waals surface area contributed by atoms with Crippen molar-refractivity contribution in [1.29, 1.82) is 0 Å². The van der Waals surface area contributed by atoms with Gasteiger partial charge in [-0.05, 0) is 87.8 Å². The van der Waals surface area contributed by atoms with Gasteiger partial charge in [0.25, 0.3) is 0 Å². The summed E-state index contributed by atoms with van der Waals surface area (Å²) in [6.45, 7) is 7.46. The fraction of sp³-hybridized carbons (Fsp3) is 0.552. The number of likely N-dealkylation sites (tertiary alicyclic amines) is 1. The van der Waals surface area contributed by atoms with E-state index in [1.54, 1.807) is 30.0 Å². The van der Waals surface area contributed by atoms with E-state index in [0.717, 1.165) is 24.1 Å². The monoisotopic (exact) mass is 537 g/mol. The molecular weight excluding hydrogens is 502 g/mol. The first kappa shape index (κ1) is 28.4. The van der Waals surface area contributed by atoms with Crippen LogP contribution < -0.4 is 0 Å². The number of hydrogen-bond donors (Lipinski definition) is 1. The summed E-state index contributed by atoms with van der Waals surface area (Å²) in [4.78, 5) is 14.5. The molecule has 0 radical (unpaired) electrons. The van der Waals surface area contributed by atoms with Crippen LogP contribution in [0, 0.1) is 24.6 Å². The molecule has 1 aliphatic heterocycles. The third kappa shape index (κ3) is 6.49. The Bertz CT molecular complexity index is 1130. The maximum Gasteiger partial charge on any atom is 0.416 e. The zero-order valence-electron chi connectivity index (χ0n) is 22.1. The van der Waals surface area contributed by atoms with E-state index in [4.69, 9.17) is 9.47 Å². The minimum atomic E-state index is -4.52. The van der Waals surface area contributed by atoms with Crippen LogP contribution in [0.25, 0.3) is 0 Å². The van der Waals surface area contributed by atoms with Crippen LogP contribution in [0.5, 0.6) is 0 Å². The molecule has 2 aromatic carbocycles. The summed E-state index contributed by atoms with van der Waals surface area (Å²) in [6, 6.07) is 9.80. The van der Waals surface area contributed by atoms with Crippen molar-refractivity contribution in [3.8, 4) is 0 Å². The van der Waals surface area contributed by atoms with Crippen LogP contribution >= 0.6 is 0 Å². The number of benzene rings is 2. The topological polar surface area (TPSA) is 59.0 Å². The number of nitrogens with zero attached hydrogens (tertiary/aromatic N) is 1. The molecule has 0 spiro atoms. The summed E-state index contributed by atoms with van der Waals surface area (Å²) in [5.41, 5.74) is 0.0665. The van der Waals surface area contributed by atoms with Gasteiger partial charge in [-0.2, -0.15) is 13.2 Å². The first-order chi connectivity index (χ1) is 17.7. The fourth-order valence-electron chi connectivity index (χ4n) is 5.82. The Morgan fingerprint density at radius 1 is 1.08 bits per heavy atom. The third-order valence-electron chi connectivity index (χ3n) is 7.39. The second-order valence-corrected chi connectivity index (χ2v) is 11.4. The normalized spacial score (nSPS) is 24.7. The van der Waals surface area contributed by atoms with E-state index < -0.39 is 42.2 Å². The number of carbonyl (C=O) groups excluding carboxylic acids is 1. The average molecular weight is 538 g/mol. The number of ether oxygens (including phenoxy) is 2. The van der Waals surface area contributed by atoms with Crippen LogP contribution in [0.2, 0.25) is 0 Å². The molecule has 5 atom stereocenters. The summed E-state index contributed by atoms with van der Waals surface area (Å²) in [6.07, 6.45) is -5.01. The van der Waals surface area contributed by atoms with Crippen molar-refractivity contribution in [3.63, 3.8) is 0 Å². The summed E-state index contributed by atoms with van der Waals surface area (Å²) in [5, 5.41) is 10.2. The minimum Gasteiger partial charge on any atom is -0.444 e. The summed E-state index contributed by atoms with van der Waals surface area (Å²) < 4.78 is 66.1. The maximum absolute atomic E-state index is 13.8. The van der Waals surface area contributed by atoms with Gasteiger partial charge in [-0.3, -0.25) is 0 Å². The third-order valence-corrected chi connectivity index (χ3v) is 7.39. The van der Waals surface area contributed by atoms with Gasteiger partial charge < -0.3 is 19.5 Å². The predicted molar refractivity (Wildman–Crippen MR) is 134 cm³/mol. The zero-order chi connectivity index (χ0) is 27.8. The molecule has 208 valence electrons. The van der Waals surface area contributed by atoms with Crippen LogP contribution in [-0.2, 0) is 15.7 Å². The molecule has 1 heterocycles. The van der Waals surface area contributed by atoms with Crippen LogP contribution in [0.3, 0.4) is 0 Å². The van der Waals surface area contributed by atoms with E-state index in [0.29, 0.717) is 25.1 Å². The molecule has 4 rings (SSSR count). The summed E-state index contributed by atoms with van der Waals surface area (Å²) in [7, 11) is 0. The van der Waals surface area contributed by atoms with E-state index >= 15 is 0 Å². The second-order valence-electron chi connectivity index (χ2n) is 11.4. The smallest absolute Gasteiger partial charge is 0.416 e. The van der Waals surface area contributed by atoms with Crippen LogP contribution in [-0.4, -0.2) is 47.5 Å². The Morgan fingerprint density at radius 3 is 2.37 bits per heavy atom. The van der Waals surface area contributed by atoms with Crippen molar-refractivity contribution in [3.05, 3.63) is 70.5 Å². The van der Waals surface area contributed by atoms with Gasteiger partial charge in [-0.25, -0.2) is 9.18 Å². The molecule has 1 N–H and O–H groups in total. The molecule has 38 heavy (non-hydrogen) atoms. The van der Waals surface area contributed by atoms with Gasteiger partial charge in [0.2, 0.25) is 0 Å². The standard InChI is InChI=1S/C29H35F4NO4/c1-17-11-20(13-21(12-17)29(31,32)33)25(16-35)37-24-10-7-19-14-34(27(36)38-28(2,3)4)15-23(19)26(24)18-5-8-22(30)9-6-18/h5-6,8-9,11-13,19,23-26,35H,7,10,14-16H2,1-4H3/t19-,23-,24+,25-,26+/m1/s1. The van der Waals surface area contributed by atoms with E-state index in [1.807, 2.05) is 20.8 Å². The highest BCUT2D eigenvalue weighted by atomic mass is 19.4. The fourth-order valence-corrected chi connectivity index (χ4v) is 5.82. The molecular formula is C29H35F4NO4. The molecule has 0 aromatic heterocycles. The van der Waals surface area contributed by atoms with E-state index in [-0.39, 0.29) is 29.1 Å². The Morgan fingerprint density at radius 2 is 1.76 bits per heavy atom. The van der Waals surface area contributed by atoms with Gasteiger partial charge in [0.1, 0.15) is 17.5 Å². The van der Waals surface area contributed by atoms with Crippen molar-refractivity contribution in [1.82, 2.24) is 4.90 Å². The lowest BCUT2D eigenvalue weighted by atomic mass is 9.69. The van der Waals surface area contributed by atoms with Crippen molar-refractivity contribution >= 4 is 6.09 Å². The van der Waals surface area contributed by atoms with Gasteiger partial charge in [0.15, 0.2) is 0 Å². The van der Waals surface area contributed by atoms with Crippen LogP contribution in [0.15, 0.2) is 42.5 Å². The van der Waals surface area contributed by atoms with Crippen molar-refractivity contribution in [2.24, 2.45) is 11.8 Å².